The molecule has 0 saturated heterocycles. The lowest BCUT2D eigenvalue weighted by Crippen LogP contribution is -2.32. The average Bonchev–Trinajstić information content (AvgIpc) is 3.02. The number of aromatic hydroxyl groups is 1. The van der Waals surface area contributed by atoms with Crippen LogP contribution in [0.15, 0.2) is 30.6 Å². The van der Waals surface area contributed by atoms with E-state index in [1.165, 1.54) is 23.2 Å². The molecule has 6 nitrogen and oxygen atoms in total. The van der Waals surface area contributed by atoms with Crippen molar-refractivity contribution in [1.29, 1.82) is 0 Å². The molecule has 1 atom stereocenters. The molecule has 134 valence electrons. The van der Waals surface area contributed by atoms with Crippen LogP contribution in [0.4, 0.5) is 5.82 Å². The number of hydrogen-bond acceptors (Lipinski definition) is 6. The Morgan fingerprint density at radius 2 is 1.96 bits per heavy atom. The number of rotatable bonds is 5. The number of aliphatic carboxylic acids is 1. The summed E-state index contributed by atoms with van der Waals surface area (Å²) in [4.78, 5) is 22.8. The molecule has 3 N–H and O–H groups in total. The molecule has 0 spiro atoms. The third-order valence-corrected chi connectivity index (χ3v) is 5.94. The van der Waals surface area contributed by atoms with Crippen molar-refractivity contribution in [3.8, 4) is 5.75 Å². The number of carbonyl (C=O) groups is 1. The fourth-order valence-electron chi connectivity index (χ4n) is 3.43. The third-order valence-electron chi connectivity index (χ3n) is 4.74. The Morgan fingerprint density at radius 1 is 1.19 bits per heavy atom. The first kappa shape index (κ1) is 16.8. The van der Waals surface area contributed by atoms with Crippen LogP contribution in [0.2, 0.25) is 0 Å². The van der Waals surface area contributed by atoms with Crippen LogP contribution in [0.1, 0.15) is 28.8 Å². The molecule has 0 fully saturated rings. The van der Waals surface area contributed by atoms with Crippen LogP contribution >= 0.6 is 11.3 Å². The summed E-state index contributed by atoms with van der Waals surface area (Å²) in [6.07, 6.45) is 6.18. The van der Waals surface area contributed by atoms with E-state index in [0.717, 1.165) is 35.0 Å². The Labute approximate surface area is 154 Å². The number of phenols is 1. The zero-order valence-electron chi connectivity index (χ0n) is 14.1. The van der Waals surface area contributed by atoms with Gasteiger partial charge in [0.05, 0.1) is 5.39 Å². The summed E-state index contributed by atoms with van der Waals surface area (Å²) in [5.74, 6) is -0.175. The summed E-state index contributed by atoms with van der Waals surface area (Å²) in [7, 11) is 0. The average molecular weight is 369 g/mol. The molecule has 1 unspecified atom stereocenters. The van der Waals surface area contributed by atoms with Crippen LogP contribution in [0.5, 0.6) is 5.75 Å². The van der Waals surface area contributed by atoms with E-state index in [1.54, 1.807) is 35.6 Å². The molecule has 7 heteroatoms. The van der Waals surface area contributed by atoms with Crippen molar-refractivity contribution < 1.29 is 15.0 Å². The van der Waals surface area contributed by atoms with Crippen molar-refractivity contribution in [1.82, 2.24) is 9.97 Å². The van der Waals surface area contributed by atoms with Crippen LogP contribution in [0.3, 0.4) is 0 Å². The minimum Gasteiger partial charge on any atom is -0.508 e. The number of aryl methyl sites for hydroxylation is 2. The zero-order valence-corrected chi connectivity index (χ0v) is 14.9. The number of hydrogen-bond donors (Lipinski definition) is 3. The second-order valence-electron chi connectivity index (χ2n) is 6.52. The third kappa shape index (κ3) is 3.22. The summed E-state index contributed by atoms with van der Waals surface area (Å²) in [6.45, 7) is 0. The number of phenolic OH excluding ortho intramolecular Hbond substituents is 1. The number of carboxylic acid groups (broad SMARTS) is 1. The molecule has 4 rings (SSSR count). The molecule has 0 radical (unpaired) electrons. The molecule has 3 aromatic rings. The van der Waals surface area contributed by atoms with Crippen molar-refractivity contribution >= 4 is 33.3 Å². The van der Waals surface area contributed by atoms with E-state index in [4.69, 9.17) is 0 Å². The number of anilines is 1. The van der Waals surface area contributed by atoms with Gasteiger partial charge in [-0.25, -0.2) is 14.8 Å². The van der Waals surface area contributed by atoms with E-state index in [-0.39, 0.29) is 5.75 Å². The van der Waals surface area contributed by atoms with Crippen molar-refractivity contribution in [3.05, 3.63) is 46.6 Å². The maximum absolute atomic E-state index is 11.8. The molecule has 26 heavy (non-hydrogen) atoms. The number of fused-ring (bicyclic) bond motifs is 3. The van der Waals surface area contributed by atoms with Gasteiger partial charge in [0.2, 0.25) is 0 Å². The number of thiophene rings is 1. The minimum absolute atomic E-state index is 0.163. The highest BCUT2D eigenvalue weighted by atomic mass is 32.1. The first-order valence-electron chi connectivity index (χ1n) is 8.64. The van der Waals surface area contributed by atoms with Gasteiger partial charge in [-0.1, -0.05) is 12.1 Å². The van der Waals surface area contributed by atoms with Gasteiger partial charge < -0.3 is 15.5 Å². The molecule has 1 aromatic carbocycles. The largest absolute Gasteiger partial charge is 0.508 e. The van der Waals surface area contributed by atoms with E-state index >= 15 is 0 Å². The highest BCUT2D eigenvalue weighted by Gasteiger charge is 2.24. The number of carboxylic acids is 1. The molecular formula is C19H19N3O3S. The standard InChI is InChI=1S/C19H19N3O3S/c23-12-7-5-11(6-8-12)9-14(19(24)25)22-17-16-13-3-1-2-4-15(13)26-18(16)21-10-20-17/h5-8,10,14,23H,1-4,9H2,(H,24,25)(H,20,21,22). The maximum atomic E-state index is 11.8. The first-order chi connectivity index (χ1) is 12.6. The number of benzene rings is 1. The Hall–Kier alpha value is -2.67. The van der Waals surface area contributed by atoms with Gasteiger partial charge in [-0.3, -0.25) is 0 Å². The number of nitrogens with zero attached hydrogens (tertiary/aromatic N) is 2. The van der Waals surface area contributed by atoms with Crippen LogP contribution in [-0.4, -0.2) is 32.2 Å². The molecule has 0 aliphatic heterocycles. The lowest BCUT2D eigenvalue weighted by atomic mass is 9.97. The van der Waals surface area contributed by atoms with Crippen LogP contribution in [0, 0.1) is 0 Å². The SMILES string of the molecule is O=C(O)C(Cc1ccc(O)cc1)Nc1ncnc2sc3c(c12)CCCC3. The lowest BCUT2D eigenvalue weighted by molar-refractivity contribution is -0.137. The van der Waals surface area contributed by atoms with Gasteiger partial charge in [0.1, 0.15) is 28.8 Å². The predicted octanol–water partition coefficient (Wildman–Crippen LogP) is 3.38. The van der Waals surface area contributed by atoms with Crippen molar-refractivity contribution in [2.75, 3.05) is 5.32 Å². The summed E-state index contributed by atoms with van der Waals surface area (Å²) >= 11 is 1.69. The summed E-state index contributed by atoms with van der Waals surface area (Å²) in [5.41, 5.74) is 2.11. The number of aromatic nitrogens is 2. The molecule has 0 amide bonds. The molecule has 0 bridgehead atoms. The van der Waals surface area contributed by atoms with Gasteiger partial charge in [0.25, 0.3) is 0 Å². The fraction of sp³-hybridized carbons (Fsp3) is 0.316. The first-order valence-corrected chi connectivity index (χ1v) is 9.46. The van der Waals surface area contributed by atoms with Gasteiger partial charge in [-0.2, -0.15) is 0 Å². The van der Waals surface area contributed by atoms with E-state index in [9.17, 15) is 15.0 Å². The maximum Gasteiger partial charge on any atom is 0.326 e. The van der Waals surface area contributed by atoms with Crippen molar-refractivity contribution in [3.63, 3.8) is 0 Å². The lowest BCUT2D eigenvalue weighted by Gasteiger charge is -2.17. The Morgan fingerprint density at radius 3 is 2.73 bits per heavy atom. The molecule has 1 aliphatic carbocycles. The van der Waals surface area contributed by atoms with Crippen LogP contribution in [0.25, 0.3) is 10.2 Å². The Balaban J connectivity index is 1.66. The Bertz CT molecular complexity index is 953. The van der Waals surface area contributed by atoms with Gasteiger partial charge in [0, 0.05) is 11.3 Å². The topological polar surface area (TPSA) is 95.3 Å². The summed E-state index contributed by atoms with van der Waals surface area (Å²) in [6, 6.07) is 5.78. The van der Waals surface area contributed by atoms with Crippen molar-refractivity contribution in [2.24, 2.45) is 0 Å². The zero-order chi connectivity index (χ0) is 18.1. The second kappa shape index (κ2) is 6.92. The molecular weight excluding hydrogens is 350 g/mol. The van der Waals surface area contributed by atoms with E-state index in [2.05, 4.69) is 15.3 Å². The van der Waals surface area contributed by atoms with Gasteiger partial charge in [-0.05, 0) is 48.9 Å². The minimum atomic E-state index is -0.936. The molecule has 0 saturated carbocycles. The Kier molecular flexibility index (Phi) is 4.46. The summed E-state index contributed by atoms with van der Waals surface area (Å²) < 4.78 is 0. The fourth-order valence-corrected chi connectivity index (χ4v) is 4.66. The predicted molar refractivity (Wildman–Crippen MR) is 101 cm³/mol. The molecule has 2 heterocycles. The van der Waals surface area contributed by atoms with E-state index < -0.39 is 12.0 Å². The quantitative estimate of drug-likeness (QED) is 0.638. The highest BCUT2D eigenvalue weighted by molar-refractivity contribution is 7.19. The highest BCUT2D eigenvalue weighted by Crippen LogP contribution is 2.38. The molecule has 1 aliphatic rings. The van der Waals surface area contributed by atoms with Crippen LogP contribution in [-0.2, 0) is 24.1 Å². The normalized spacial score (nSPS) is 14.8. The second-order valence-corrected chi connectivity index (χ2v) is 7.60. The summed E-state index contributed by atoms with van der Waals surface area (Å²) in [5, 5.41) is 23.1. The molecule has 2 aromatic heterocycles. The van der Waals surface area contributed by atoms with E-state index in [1.807, 2.05) is 0 Å². The van der Waals surface area contributed by atoms with Gasteiger partial charge >= 0.3 is 5.97 Å². The van der Waals surface area contributed by atoms with Gasteiger partial charge in [-0.15, -0.1) is 11.3 Å². The number of nitrogens with one attached hydrogen (secondary N) is 1. The van der Waals surface area contributed by atoms with Gasteiger partial charge in [0.15, 0.2) is 0 Å². The monoisotopic (exact) mass is 369 g/mol. The van der Waals surface area contributed by atoms with E-state index in [0.29, 0.717) is 12.2 Å². The van der Waals surface area contributed by atoms with Crippen molar-refractivity contribution in [2.45, 2.75) is 38.1 Å². The smallest absolute Gasteiger partial charge is 0.326 e. The van der Waals surface area contributed by atoms with Crippen LogP contribution < -0.4 is 5.32 Å².